The van der Waals surface area contributed by atoms with Gasteiger partial charge in [0, 0.05) is 24.7 Å². The Balaban J connectivity index is 1.82. The number of sulfonamides is 1. The van der Waals surface area contributed by atoms with Gasteiger partial charge >= 0.3 is 0 Å². The highest BCUT2D eigenvalue weighted by Crippen LogP contribution is 2.22. The predicted molar refractivity (Wildman–Crippen MR) is 98.6 cm³/mol. The lowest BCUT2D eigenvalue weighted by Gasteiger charge is -2.26. The van der Waals surface area contributed by atoms with Gasteiger partial charge in [-0.1, -0.05) is 41.9 Å². The van der Waals surface area contributed by atoms with Crippen LogP contribution in [0.25, 0.3) is 0 Å². The third-order valence-electron chi connectivity index (χ3n) is 4.12. The van der Waals surface area contributed by atoms with Crippen molar-refractivity contribution in [3.8, 4) is 0 Å². The highest BCUT2D eigenvalue weighted by Gasteiger charge is 2.30. The van der Waals surface area contributed by atoms with Crippen LogP contribution in [0.2, 0.25) is 5.02 Å². The molecule has 0 unspecified atom stereocenters. The Hall–Kier alpha value is -1.93. The first-order chi connectivity index (χ1) is 12.5. The average molecular weight is 395 g/mol. The van der Waals surface area contributed by atoms with Crippen molar-refractivity contribution in [2.75, 3.05) is 26.3 Å². The van der Waals surface area contributed by atoms with Crippen molar-refractivity contribution < 1.29 is 17.9 Å². The molecule has 6 nitrogen and oxygen atoms in total. The third-order valence-corrected chi connectivity index (χ3v) is 6.44. The number of halogens is 1. The molecular formula is C18H19ClN2O4S. The fraction of sp³-hybridized carbons (Fsp3) is 0.278. The van der Waals surface area contributed by atoms with E-state index in [1.165, 1.54) is 16.4 Å². The maximum absolute atomic E-state index is 12.9. The second-order valence-electron chi connectivity index (χ2n) is 5.79. The van der Waals surface area contributed by atoms with Gasteiger partial charge in [-0.3, -0.25) is 4.79 Å². The Labute approximate surface area is 157 Å². The molecule has 0 atom stereocenters. The summed E-state index contributed by atoms with van der Waals surface area (Å²) in [6.45, 7) is 1.46. The molecule has 2 aromatic carbocycles. The minimum atomic E-state index is -3.76. The molecule has 1 amide bonds. The summed E-state index contributed by atoms with van der Waals surface area (Å²) < 4.78 is 32.4. The number of hydrogen-bond acceptors (Lipinski definition) is 4. The zero-order valence-electron chi connectivity index (χ0n) is 14.0. The van der Waals surface area contributed by atoms with E-state index in [1.54, 1.807) is 30.3 Å². The van der Waals surface area contributed by atoms with Crippen LogP contribution in [-0.2, 0) is 21.3 Å². The summed E-state index contributed by atoms with van der Waals surface area (Å²) in [5.41, 5.74) is 0.877. The van der Waals surface area contributed by atoms with Crippen LogP contribution < -0.4 is 5.32 Å². The van der Waals surface area contributed by atoms with Gasteiger partial charge in [-0.05, 0) is 23.8 Å². The zero-order chi connectivity index (χ0) is 18.6. The van der Waals surface area contributed by atoms with Crippen molar-refractivity contribution in [1.29, 1.82) is 0 Å². The van der Waals surface area contributed by atoms with E-state index in [2.05, 4.69) is 5.32 Å². The van der Waals surface area contributed by atoms with Crippen LogP contribution in [-0.4, -0.2) is 44.9 Å². The molecule has 0 aromatic heterocycles. The number of hydrogen-bond donors (Lipinski definition) is 1. The number of amides is 1. The Morgan fingerprint density at radius 3 is 2.46 bits per heavy atom. The van der Waals surface area contributed by atoms with Gasteiger partial charge in [0.2, 0.25) is 10.0 Å². The molecule has 1 fully saturated rings. The van der Waals surface area contributed by atoms with E-state index in [-0.39, 0.29) is 30.1 Å². The van der Waals surface area contributed by atoms with E-state index in [4.69, 9.17) is 16.3 Å². The highest BCUT2D eigenvalue weighted by molar-refractivity contribution is 7.89. The minimum absolute atomic E-state index is 0.00133. The SMILES string of the molecule is O=C(NCc1ccccc1Cl)c1ccccc1S(=O)(=O)N1CCOCC1. The van der Waals surface area contributed by atoms with Crippen LogP contribution in [0.4, 0.5) is 0 Å². The standard InChI is InChI=1S/C18H19ClN2O4S/c19-16-7-3-1-5-14(16)13-20-18(22)15-6-2-4-8-17(15)26(23,24)21-9-11-25-12-10-21/h1-8H,9-13H2,(H,20,22). The van der Waals surface area contributed by atoms with Crippen molar-refractivity contribution in [3.63, 3.8) is 0 Å². The van der Waals surface area contributed by atoms with Crippen molar-refractivity contribution in [2.45, 2.75) is 11.4 Å². The largest absolute Gasteiger partial charge is 0.379 e. The lowest BCUT2D eigenvalue weighted by Crippen LogP contribution is -2.41. The molecule has 0 aliphatic carbocycles. The first-order valence-electron chi connectivity index (χ1n) is 8.18. The molecule has 1 aliphatic heterocycles. The number of carbonyl (C=O) groups is 1. The van der Waals surface area contributed by atoms with E-state index in [0.29, 0.717) is 18.2 Å². The number of rotatable bonds is 5. The normalized spacial score (nSPS) is 15.6. The van der Waals surface area contributed by atoms with Gasteiger partial charge in [-0.25, -0.2) is 8.42 Å². The molecule has 138 valence electrons. The van der Waals surface area contributed by atoms with Gasteiger partial charge in [0.05, 0.1) is 23.7 Å². The van der Waals surface area contributed by atoms with Gasteiger partial charge in [0.1, 0.15) is 0 Å². The summed E-state index contributed by atoms with van der Waals surface area (Å²) in [4.78, 5) is 12.6. The second-order valence-corrected chi connectivity index (χ2v) is 8.10. The molecule has 1 heterocycles. The molecule has 26 heavy (non-hydrogen) atoms. The number of nitrogens with one attached hydrogen (secondary N) is 1. The van der Waals surface area contributed by atoms with Crippen LogP contribution >= 0.6 is 11.6 Å². The van der Waals surface area contributed by atoms with E-state index in [1.807, 2.05) is 6.07 Å². The smallest absolute Gasteiger partial charge is 0.252 e. The van der Waals surface area contributed by atoms with Crippen LogP contribution in [0.5, 0.6) is 0 Å². The molecule has 3 rings (SSSR count). The highest BCUT2D eigenvalue weighted by atomic mass is 35.5. The van der Waals surface area contributed by atoms with Crippen molar-refractivity contribution >= 4 is 27.5 Å². The van der Waals surface area contributed by atoms with Gasteiger partial charge in [-0.15, -0.1) is 0 Å². The topological polar surface area (TPSA) is 75.7 Å². The molecule has 0 radical (unpaired) electrons. The molecule has 1 aliphatic rings. The Morgan fingerprint density at radius 2 is 1.73 bits per heavy atom. The van der Waals surface area contributed by atoms with Gasteiger partial charge in [0.15, 0.2) is 0 Å². The van der Waals surface area contributed by atoms with E-state index in [9.17, 15) is 13.2 Å². The first kappa shape index (κ1) is 18.8. The van der Waals surface area contributed by atoms with Crippen LogP contribution in [0.1, 0.15) is 15.9 Å². The maximum atomic E-state index is 12.9. The molecule has 0 bridgehead atoms. The lowest BCUT2D eigenvalue weighted by atomic mass is 10.2. The number of benzene rings is 2. The molecule has 0 saturated carbocycles. The molecular weight excluding hydrogens is 376 g/mol. The number of morpholine rings is 1. The number of carbonyl (C=O) groups excluding carboxylic acids is 1. The monoisotopic (exact) mass is 394 g/mol. The van der Waals surface area contributed by atoms with E-state index in [0.717, 1.165) is 5.56 Å². The fourth-order valence-electron chi connectivity index (χ4n) is 2.72. The quantitative estimate of drug-likeness (QED) is 0.844. The number of nitrogens with zero attached hydrogens (tertiary/aromatic N) is 1. The molecule has 0 spiro atoms. The zero-order valence-corrected chi connectivity index (χ0v) is 15.6. The Morgan fingerprint density at radius 1 is 1.08 bits per heavy atom. The fourth-order valence-corrected chi connectivity index (χ4v) is 4.52. The minimum Gasteiger partial charge on any atom is -0.379 e. The van der Waals surface area contributed by atoms with Gasteiger partial charge < -0.3 is 10.1 Å². The summed E-state index contributed by atoms with van der Waals surface area (Å²) in [6, 6.07) is 13.4. The number of ether oxygens (including phenoxy) is 1. The summed E-state index contributed by atoms with van der Waals surface area (Å²) in [5.74, 6) is -0.461. The maximum Gasteiger partial charge on any atom is 0.252 e. The van der Waals surface area contributed by atoms with Gasteiger partial charge in [0.25, 0.3) is 5.91 Å². The predicted octanol–water partition coefficient (Wildman–Crippen LogP) is 2.29. The van der Waals surface area contributed by atoms with E-state index < -0.39 is 15.9 Å². The molecule has 1 saturated heterocycles. The van der Waals surface area contributed by atoms with Crippen molar-refractivity contribution in [2.24, 2.45) is 0 Å². The Bertz CT molecular complexity index is 896. The first-order valence-corrected chi connectivity index (χ1v) is 10.0. The van der Waals surface area contributed by atoms with Crippen LogP contribution in [0, 0.1) is 0 Å². The van der Waals surface area contributed by atoms with E-state index >= 15 is 0 Å². The molecule has 1 N–H and O–H groups in total. The third kappa shape index (κ3) is 4.07. The summed E-state index contributed by atoms with van der Waals surface area (Å²) in [6.07, 6.45) is 0. The molecule has 2 aromatic rings. The second kappa shape index (κ2) is 8.18. The lowest BCUT2D eigenvalue weighted by molar-refractivity contribution is 0.0730. The molecule has 8 heteroatoms. The van der Waals surface area contributed by atoms with Crippen LogP contribution in [0.3, 0.4) is 0 Å². The van der Waals surface area contributed by atoms with Gasteiger partial charge in [-0.2, -0.15) is 4.31 Å². The van der Waals surface area contributed by atoms with Crippen LogP contribution in [0.15, 0.2) is 53.4 Å². The van der Waals surface area contributed by atoms with Crippen molar-refractivity contribution in [3.05, 3.63) is 64.7 Å². The Kier molecular flexibility index (Phi) is 5.93. The average Bonchev–Trinajstić information content (AvgIpc) is 2.68. The summed E-state index contributed by atoms with van der Waals surface area (Å²) >= 11 is 6.09. The van der Waals surface area contributed by atoms with Crippen molar-refractivity contribution in [1.82, 2.24) is 9.62 Å². The summed E-state index contributed by atoms with van der Waals surface area (Å²) in [5, 5.41) is 3.28. The summed E-state index contributed by atoms with van der Waals surface area (Å²) in [7, 11) is -3.76.